The number of hydrogen-bond donors (Lipinski definition) is 2. The van der Waals surface area contributed by atoms with E-state index in [1.807, 2.05) is 30.3 Å². The van der Waals surface area contributed by atoms with E-state index in [2.05, 4.69) is 5.32 Å². The number of rotatable bonds is 2. The van der Waals surface area contributed by atoms with Gasteiger partial charge in [-0.05, 0) is 5.56 Å². The van der Waals surface area contributed by atoms with Crippen molar-refractivity contribution in [1.29, 1.82) is 0 Å². The van der Waals surface area contributed by atoms with Crippen LogP contribution in [0.15, 0.2) is 30.3 Å². The highest BCUT2D eigenvalue weighted by atomic mass is 16.6. The van der Waals surface area contributed by atoms with Crippen molar-refractivity contribution in [3.05, 3.63) is 35.9 Å². The molecule has 0 aliphatic carbocycles. The number of nitrogens with zero attached hydrogens (tertiary/aromatic N) is 1. The van der Waals surface area contributed by atoms with Gasteiger partial charge in [0.05, 0.1) is 12.6 Å². The van der Waals surface area contributed by atoms with Gasteiger partial charge in [0.2, 0.25) is 0 Å². The maximum atomic E-state index is 11.8. The summed E-state index contributed by atoms with van der Waals surface area (Å²) in [6.07, 6.45) is -0.904. The highest BCUT2D eigenvalue weighted by Gasteiger charge is 2.21. The predicted octanol–water partition coefficient (Wildman–Crippen LogP) is 0.589. The number of nitrogens with one attached hydrogen (secondary N) is 1. The molecule has 0 radical (unpaired) electrons. The van der Waals surface area contributed by atoms with E-state index in [-0.39, 0.29) is 12.7 Å². The number of benzene rings is 1. The summed E-state index contributed by atoms with van der Waals surface area (Å²) in [7, 11) is 0. The smallest absolute Gasteiger partial charge is 0.410 e. The second-order valence-corrected chi connectivity index (χ2v) is 4.34. The Morgan fingerprint density at radius 2 is 2.22 bits per heavy atom. The van der Waals surface area contributed by atoms with E-state index in [0.717, 1.165) is 5.56 Å². The number of carbonyl (C=O) groups excluding carboxylic acids is 1. The Morgan fingerprint density at radius 1 is 1.44 bits per heavy atom. The minimum atomic E-state index is -0.531. The van der Waals surface area contributed by atoms with Crippen LogP contribution in [0.4, 0.5) is 4.79 Å². The molecule has 1 amide bonds. The maximum absolute atomic E-state index is 11.8. The zero-order valence-electron chi connectivity index (χ0n) is 10.2. The number of β-amino-alcohol motifs (C(OH)–C–C–N with tert-alkyl or cyclic N) is 1. The van der Waals surface area contributed by atoms with Gasteiger partial charge in [-0.2, -0.15) is 0 Å². The second kappa shape index (κ2) is 6.37. The lowest BCUT2D eigenvalue weighted by molar-refractivity contribution is 0.0778. The summed E-state index contributed by atoms with van der Waals surface area (Å²) in [4.78, 5) is 13.4. The summed E-state index contributed by atoms with van der Waals surface area (Å²) in [5.74, 6) is 0. The molecule has 1 aliphatic heterocycles. The van der Waals surface area contributed by atoms with E-state index in [1.165, 1.54) is 4.90 Å². The van der Waals surface area contributed by atoms with Gasteiger partial charge < -0.3 is 20.1 Å². The topological polar surface area (TPSA) is 61.8 Å². The highest BCUT2D eigenvalue weighted by Crippen LogP contribution is 2.04. The fraction of sp³-hybridized carbons (Fsp3) is 0.462. The number of carbonyl (C=O) groups is 1. The van der Waals surface area contributed by atoms with Crippen molar-refractivity contribution in [2.24, 2.45) is 0 Å². The van der Waals surface area contributed by atoms with Crippen molar-refractivity contribution >= 4 is 6.09 Å². The summed E-state index contributed by atoms with van der Waals surface area (Å²) in [6.45, 7) is 2.34. The summed E-state index contributed by atoms with van der Waals surface area (Å²) in [6, 6.07) is 9.55. The number of ether oxygens (including phenoxy) is 1. The van der Waals surface area contributed by atoms with Crippen LogP contribution in [-0.4, -0.2) is 48.4 Å². The third-order valence-electron chi connectivity index (χ3n) is 2.83. The molecule has 0 aromatic heterocycles. The molecule has 2 N–H and O–H groups in total. The third-order valence-corrected chi connectivity index (χ3v) is 2.83. The van der Waals surface area contributed by atoms with Crippen LogP contribution in [0, 0.1) is 0 Å². The van der Waals surface area contributed by atoms with E-state index in [0.29, 0.717) is 26.2 Å². The van der Waals surface area contributed by atoms with Crippen molar-refractivity contribution in [2.45, 2.75) is 12.7 Å². The minimum Gasteiger partial charge on any atom is -0.445 e. The molecular weight excluding hydrogens is 232 g/mol. The molecule has 1 aromatic carbocycles. The average Bonchev–Trinajstić information content (AvgIpc) is 2.62. The zero-order valence-corrected chi connectivity index (χ0v) is 10.2. The van der Waals surface area contributed by atoms with Gasteiger partial charge >= 0.3 is 6.09 Å². The normalized spacial score (nSPS) is 20.3. The van der Waals surface area contributed by atoms with Crippen LogP contribution in [-0.2, 0) is 11.3 Å². The van der Waals surface area contributed by atoms with Gasteiger partial charge in [-0.3, -0.25) is 0 Å². The molecule has 1 aromatic rings. The number of hydrogen-bond acceptors (Lipinski definition) is 4. The van der Waals surface area contributed by atoms with Crippen LogP contribution in [0.2, 0.25) is 0 Å². The van der Waals surface area contributed by atoms with Crippen LogP contribution >= 0.6 is 0 Å². The fourth-order valence-electron chi connectivity index (χ4n) is 1.87. The molecular formula is C13H18N2O3. The molecule has 1 atom stereocenters. The molecule has 1 aliphatic rings. The Hall–Kier alpha value is -1.59. The summed E-state index contributed by atoms with van der Waals surface area (Å²) in [5, 5.41) is 12.6. The zero-order chi connectivity index (χ0) is 12.8. The van der Waals surface area contributed by atoms with Crippen LogP contribution < -0.4 is 5.32 Å². The molecule has 1 fully saturated rings. The minimum absolute atomic E-state index is 0.264. The second-order valence-electron chi connectivity index (χ2n) is 4.34. The first-order valence-electron chi connectivity index (χ1n) is 6.10. The average molecular weight is 250 g/mol. The summed E-state index contributed by atoms with van der Waals surface area (Å²) < 4.78 is 5.22. The Kier molecular flexibility index (Phi) is 4.55. The van der Waals surface area contributed by atoms with E-state index in [1.54, 1.807) is 0 Å². The van der Waals surface area contributed by atoms with Crippen molar-refractivity contribution in [3.8, 4) is 0 Å². The van der Waals surface area contributed by atoms with Crippen molar-refractivity contribution in [2.75, 3.05) is 26.2 Å². The fourth-order valence-corrected chi connectivity index (χ4v) is 1.87. The summed E-state index contributed by atoms with van der Waals surface area (Å²) >= 11 is 0. The SMILES string of the molecule is O=C(OCc1ccccc1)N1CCNC[C@@H](O)C1. The van der Waals surface area contributed by atoms with Crippen LogP contribution in [0.25, 0.3) is 0 Å². The van der Waals surface area contributed by atoms with E-state index >= 15 is 0 Å². The lowest BCUT2D eigenvalue weighted by Crippen LogP contribution is -2.38. The van der Waals surface area contributed by atoms with Crippen LogP contribution in [0.1, 0.15) is 5.56 Å². The highest BCUT2D eigenvalue weighted by molar-refractivity contribution is 5.67. The van der Waals surface area contributed by atoms with Gasteiger partial charge in [0.1, 0.15) is 6.61 Å². The van der Waals surface area contributed by atoms with Crippen molar-refractivity contribution in [1.82, 2.24) is 10.2 Å². The Labute approximate surface area is 106 Å². The van der Waals surface area contributed by atoms with E-state index in [9.17, 15) is 9.90 Å². The first kappa shape index (κ1) is 12.9. The van der Waals surface area contributed by atoms with Crippen LogP contribution in [0.5, 0.6) is 0 Å². The lowest BCUT2D eigenvalue weighted by Gasteiger charge is -2.21. The van der Waals surface area contributed by atoms with E-state index in [4.69, 9.17) is 4.74 Å². The summed E-state index contributed by atoms with van der Waals surface area (Å²) in [5.41, 5.74) is 0.958. The largest absolute Gasteiger partial charge is 0.445 e. The Balaban J connectivity index is 1.83. The molecule has 0 unspecified atom stereocenters. The molecule has 1 saturated heterocycles. The molecule has 0 bridgehead atoms. The van der Waals surface area contributed by atoms with Gasteiger partial charge in [-0.25, -0.2) is 4.79 Å². The predicted molar refractivity (Wildman–Crippen MR) is 67.1 cm³/mol. The van der Waals surface area contributed by atoms with Gasteiger partial charge in [-0.1, -0.05) is 30.3 Å². The number of aliphatic hydroxyl groups is 1. The number of amides is 1. The quantitative estimate of drug-likeness (QED) is 0.806. The number of aliphatic hydroxyl groups excluding tert-OH is 1. The Morgan fingerprint density at radius 3 is 3.00 bits per heavy atom. The first-order valence-corrected chi connectivity index (χ1v) is 6.10. The molecule has 2 rings (SSSR count). The van der Waals surface area contributed by atoms with Gasteiger partial charge in [-0.15, -0.1) is 0 Å². The maximum Gasteiger partial charge on any atom is 0.410 e. The Bertz CT molecular complexity index is 383. The molecule has 18 heavy (non-hydrogen) atoms. The third kappa shape index (κ3) is 3.72. The van der Waals surface area contributed by atoms with Gasteiger partial charge in [0.25, 0.3) is 0 Å². The first-order chi connectivity index (χ1) is 8.75. The van der Waals surface area contributed by atoms with Gasteiger partial charge in [0, 0.05) is 19.6 Å². The van der Waals surface area contributed by atoms with Crippen molar-refractivity contribution < 1.29 is 14.6 Å². The molecule has 98 valence electrons. The molecule has 1 heterocycles. The molecule has 5 heteroatoms. The van der Waals surface area contributed by atoms with Gasteiger partial charge in [0.15, 0.2) is 0 Å². The lowest BCUT2D eigenvalue weighted by atomic mass is 10.2. The molecule has 0 spiro atoms. The van der Waals surface area contributed by atoms with Crippen LogP contribution in [0.3, 0.4) is 0 Å². The van der Waals surface area contributed by atoms with E-state index < -0.39 is 6.10 Å². The molecule has 0 saturated carbocycles. The monoisotopic (exact) mass is 250 g/mol. The standard InChI is InChI=1S/C13H18N2O3/c16-12-8-14-6-7-15(9-12)13(17)18-10-11-4-2-1-3-5-11/h1-5,12,14,16H,6-10H2/t12-/m1/s1. The van der Waals surface area contributed by atoms with Crippen molar-refractivity contribution in [3.63, 3.8) is 0 Å². The molecule has 5 nitrogen and oxygen atoms in total.